The number of hydrogen-bond acceptors (Lipinski definition) is 0. The molecular formula is C10H23Cl3Zr. The second-order valence-corrected chi connectivity index (χ2v) is 41.1. The van der Waals surface area contributed by atoms with Crippen LogP contribution in [0.3, 0.4) is 0 Å². The molecule has 0 saturated carbocycles. The molecule has 1 rings (SSSR count). The normalized spacial score (nSPS) is 19.8. The zero-order valence-corrected chi connectivity index (χ0v) is 14.5. The van der Waals surface area contributed by atoms with Crippen LogP contribution in [-0.4, -0.2) is 0 Å². The van der Waals surface area contributed by atoms with Gasteiger partial charge in [0.25, 0.3) is 0 Å². The average molecular weight is 341 g/mol. The molecule has 0 heterocycles. The molecule has 0 N–H and O–H groups in total. The molecule has 88 valence electrons. The molecule has 0 fully saturated rings. The molecule has 0 aromatic heterocycles. The Balaban J connectivity index is -0.000000403. The van der Waals surface area contributed by atoms with Crippen LogP contribution in [0.1, 0.15) is 0 Å². The summed E-state index contributed by atoms with van der Waals surface area (Å²) in [5, 5.41) is 0. The van der Waals surface area contributed by atoms with Gasteiger partial charge in [0.05, 0.1) is 0 Å². The van der Waals surface area contributed by atoms with E-state index in [9.17, 15) is 0 Å². The minimum atomic E-state index is -2.75. The first-order valence-electron chi connectivity index (χ1n) is 4.46. The zero-order chi connectivity index (χ0) is 8.81. The van der Waals surface area contributed by atoms with Crippen LogP contribution in [0.15, 0.2) is 24.3 Å². The predicted octanol–water partition coefficient (Wildman–Crippen LogP) is 5.63. The number of allylic oxidation sites excluding steroid dienone is 4. The van der Waals surface area contributed by atoms with Gasteiger partial charge in [-0.25, -0.2) is 0 Å². The molecule has 0 atom stereocenters. The van der Waals surface area contributed by atoms with Crippen molar-refractivity contribution in [3.05, 3.63) is 24.3 Å². The second kappa shape index (κ2) is 4.62. The maximum atomic E-state index is 2.51. The molecule has 1 aliphatic carbocycles. The van der Waals surface area contributed by atoms with Crippen molar-refractivity contribution >= 4 is 37.2 Å². The Morgan fingerprint density at radius 3 is 1.14 bits per heavy atom. The van der Waals surface area contributed by atoms with E-state index in [1.54, 1.807) is 0 Å². The molecule has 0 bridgehead atoms. The van der Waals surface area contributed by atoms with E-state index in [0.717, 1.165) is 3.63 Å². The molecule has 0 aromatic carbocycles. The van der Waals surface area contributed by atoms with Crippen molar-refractivity contribution in [1.29, 1.82) is 0 Å². The molecular weight excluding hydrogens is 318 g/mol. The Morgan fingerprint density at radius 2 is 1.00 bits per heavy atom. The Hall–Kier alpha value is 1.23. The average Bonchev–Trinajstić information content (AvgIpc) is 2.01. The second-order valence-electron chi connectivity index (χ2n) is 7.74. The topological polar surface area (TPSA) is 0 Å². The molecule has 0 radical (unpaired) electrons. The van der Waals surface area contributed by atoms with Gasteiger partial charge >= 0.3 is 68.4 Å². The fraction of sp³-hybridized carbons (Fsp3) is 0.600. The van der Waals surface area contributed by atoms with Crippen molar-refractivity contribution in [1.82, 2.24) is 0 Å². The summed E-state index contributed by atoms with van der Waals surface area (Å²) in [5.74, 6) is 0. The van der Waals surface area contributed by atoms with Crippen LogP contribution < -0.4 is 0 Å². The van der Waals surface area contributed by atoms with E-state index in [1.165, 1.54) is 0 Å². The van der Waals surface area contributed by atoms with E-state index in [1.807, 2.05) is 0 Å². The third kappa shape index (κ3) is 5.96. The molecule has 4 heteroatoms. The summed E-state index contributed by atoms with van der Waals surface area (Å²) in [6.45, 7) is 0. The fourth-order valence-corrected chi connectivity index (χ4v) is 6.67. The summed E-state index contributed by atoms with van der Waals surface area (Å²) in [6.07, 6.45) is 9.08. The summed E-state index contributed by atoms with van der Waals surface area (Å²) in [5.41, 5.74) is 0. The summed E-state index contributed by atoms with van der Waals surface area (Å²) in [7, 11) is 0. The van der Waals surface area contributed by atoms with E-state index >= 15 is 0 Å². The Labute approximate surface area is 105 Å². The van der Waals surface area contributed by atoms with Crippen LogP contribution >= 0.6 is 37.2 Å². The first-order chi connectivity index (χ1) is 4.59. The van der Waals surface area contributed by atoms with Gasteiger partial charge < -0.3 is 0 Å². The van der Waals surface area contributed by atoms with Gasteiger partial charge in [-0.1, -0.05) is 0 Å². The molecule has 14 heavy (non-hydrogen) atoms. The van der Waals surface area contributed by atoms with Gasteiger partial charge in [-0.3, -0.25) is 0 Å². The minimum absolute atomic E-state index is 0. The molecule has 0 nitrogen and oxygen atoms in total. The van der Waals surface area contributed by atoms with Gasteiger partial charge in [-0.2, -0.15) is 0 Å². The van der Waals surface area contributed by atoms with E-state index in [2.05, 4.69) is 47.5 Å². The third-order valence-corrected chi connectivity index (χ3v) is 11.6. The van der Waals surface area contributed by atoms with Crippen molar-refractivity contribution in [2.24, 2.45) is 0 Å². The van der Waals surface area contributed by atoms with Gasteiger partial charge in [0.1, 0.15) is 0 Å². The zero-order valence-electron chi connectivity index (χ0n) is 9.61. The van der Waals surface area contributed by atoms with Gasteiger partial charge in [0.15, 0.2) is 0 Å². The molecule has 0 unspecified atom stereocenters. The molecule has 0 aromatic rings. The van der Waals surface area contributed by atoms with E-state index in [4.69, 9.17) is 0 Å². The fourth-order valence-electron chi connectivity index (χ4n) is 1.39. The SMILES string of the molecule is Cl.Cl.Cl.[CH3][Zr]([CH3])([CH3])([CH3])([CH3])[CH]1C=CC=C1. The van der Waals surface area contributed by atoms with E-state index in [0.29, 0.717) is 0 Å². The Kier molecular flexibility index (Phi) is 6.80. The van der Waals surface area contributed by atoms with Gasteiger partial charge in [-0.15, -0.1) is 37.2 Å². The molecule has 0 saturated heterocycles. The summed E-state index contributed by atoms with van der Waals surface area (Å²) < 4.78 is 13.3. The molecule has 0 spiro atoms. The third-order valence-electron chi connectivity index (χ3n) is 2.41. The number of hydrogen-bond donors (Lipinski definition) is 0. The maximum absolute atomic E-state index is 2.75. The van der Waals surface area contributed by atoms with Gasteiger partial charge in [-0.05, 0) is 0 Å². The van der Waals surface area contributed by atoms with Crippen molar-refractivity contribution < 1.29 is 17.3 Å². The quantitative estimate of drug-likeness (QED) is 0.580. The molecule has 0 aliphatic heterocycles. The van der Waals surface area contributed by atoms with Gasteiger partial charge in [0, 0.05) is 0 Å². The van der Waals surface area contributed by atoms with E-state index < -0.39 is 17.3 Å². The van der Waals surface area contributed by atoms with Crippen LogP contribution in [0, 0.1) is 0 Å². The number of rotatable bonds is 1. The monoisotopic (exact) mass is 338 g/mol. The first-order valence-corrected chi connectivity index (χ1v) is 18.2. The van der Waals surface area contributed by atoms with Crippen molar-refractivity contribution in [3.63, 3.8) is 0 Å². The van der Waals surface area contributed by atoms with Crippen molar-refractivity contribution in [2.45, 2.75) is 26.8 Å². The van der Waals surface area contributed by atoms with Gasteiger partial charge in [0.2, 0.25) is 0 Å². The standard InChI is InChI=1S/C5H5.5CH3.3ClH.Zr/c1-2-4-5-3-1;;;;;;;;;/h1-5H;5*1H3;3*1H;. The van der Waals surface area contributed by atoms with Crippen LogP contribution in [0.2, 0.25) is 26.8 Å². The van der Waals surface area contributed by atoms with E-state index in [-0.39, 0.29) is 37.2 Å². The molecule has 1 aliphatic rings. The van der Waals surface area contributed by atoms with Crippen LogP contribution in [0.25, 0.3) is 0 Å². The Bertz CT molecular complexity index is 220. The van der Waals surface area contributed by atoms with Crippen LogP contribution in [-0.2, 0) is 17.3 Å². The summed E-state index contributed by atoms with van der Waals surface area (Å²) >= 11 is -2.75. The first kappa shape index (κ1) is 20.6. The van der Waals surface area contributed by atoms with Crippen molar-refractivity contribution in [3.8, 4) is 0 Å². The summed E-state index contributed by atoms with van der Waals surface area (Å²) in [4.78, 5) is 0. The Morgan fingerprint density at radius 1 is 0.714 bits per heavy atom. The summed E-state index contributed by atoms with van der Waals surface area (Å²) in [6, 6.07) is 0. The van der Waals surface area contributed by atoms with Crippen molar-refractivity contribution in [2.75, 3.05) is 0 Å². The number of halogens is 3. The predicted molar refractivity (Wildman–Crippen MR) is 73.1 cm³/mol. The van der Waals surface area contributed by atoms with Crippen LogP contribution in [0.5, 0.6) is 0 Å². The van der Waals surface area contributed by atoms with Crippen LogP contribution in [0.4, 0.5) is 0 Å². The molecule has 0 amide bonds.